The molecule has 0 aliphatic rings. The molecule has 166 valence electrons. The van der Waals surface area contributed by atoms with Gasteiger partial charge < -0.3 is 24.3 Å². The van der Waals surface area contributed by atoms with Gasteiger partial charge >= 0.3 is 0 Å². The summed E-state index contributed by atoms with van der Waals surface area (Å²) in [7, 11) is 3.06. The van der Waals surface area contributed by atoms with E-state index < -0.39 is 0 Å². The van der Waals surface area contributed by atoms with Gasteiger partial charge in [-0.05, 0) is 58.0 Å². The monoisotopic (exact) mass is 417 g/mol. The van der Waals surface area contributed by atoms with Crippen molar-refractivity contribution in [2.75, 3.05) is 40.4 Å². The maximum Gasteiger partial charge on any atom is 0.258 e. The van der Waals surface area contributed by atoms with E-state index in [1.54, 1.807) is 22.9 Å². The second kappa shape index (κ2) is 11.6. The number of amides is 1. The number of aromatic nitrogens is 1. The van der Waals surface area contributed by atoms with Gasteiger partial charge in [0.1, 0.15) is 0 Å². The molecule has 0 saturated heterocycles. The largest absolute Gasteiger partial charge is 0.493 e. The van der Waals surface area contributed by atoms with E-state index in [1.807, 2.05) is 6.92 Å². The van der Waals surface area contributed by atoms with Crippen LogP contribution in [-0.2, 0) is 6.54 Å². The Bertz CT molecular complexity index is 901. The van der Waals surface area contributed by atoms with Crippen LogP contribution in [-0.4, -0.2) is 55.8 Å². The highest BCUT2D eigenvalue weighted by Gasteiger charge is 2.18. The Morgan fingerprint density at radius 1 is 1.00 bits per heavy atom. The number of aryl methyl sites for hydroxylation is 1. The van der Waals surface area contributed by atoms with Crippen LogP contribution in [0, 0.1) is 0 Å². The summed E-state index contributed by atoms with van der Waals surface area (Å²) in [6.45, 7) is 10.4. The number of carbonyl (C=O) groups excluding carboxylic acids is 1. The zero-order chi connectivity index (χ0) is 22.1. The number of ether oxygens (including phenoxy) is 2. The van der Waals surface area contributed by atoms with E-state index in [-0.39, 0.29) is 11.5 Å². The average molecular weight is 418 g/mol. The molecule has 1 aromatic heterocycles. The van der Waals surface area contributed by atoms with Crippen molar-refractivity contribution in [2.24, 2.45) is 0 Å². The molecule has 0 aliphatic heterocycles. The molecule has 0 aliphatic carbocycles. The van der Waals surface area contributed by atoms with Crippen LogP contribution in [0.3, 0.4) is 0 Å². The minimum atomic E-state index is -0.188. The Labute approximate surface area is 179 Å². The van der Waals surface area contributed by atoms with Crippen molar-refractivity contribution < 1.29 is 14.3 Å². The van der Waals surface area contributed by atoms with Crippen LogP contribution in [0.5, 0.6) is 11.5 Å². The maximum atomic E-state index is 13.0. The molecule has 1 aromatic carbocycles. The molecule has 7 nitrogen and oxygen atoms in total. The smallest absolute Gasteiger partial charge is 0.258 e. The molecule has 1 heterocycles. The van der Waals surface area contributed by atoms with Crippen LogP contribution in [0.25, 0.3) is 10.8 Å². The lowest BCUT2D eigenvalue weighted by Crippen LogP contribution is -2.32. The van der Waals surface area contributed by atoms with E-state index in [2.05, 4.69) is 24.1 Å². The molecule has 1 amide bonds. The zero-order valence-electron chi connectivity index (χ0n) is 18.9. The first-order valence-corrected chi connectivity index (χ1v) is 10.8. The van der Waals surface area contributed by atoms with Crippen molar-refractivity contribution in [1.29, 1.82) is 0 Å². The maximum absolute atomic E-state index is 13.0. The van der Waals surface area contributed by atoms with Crippen molar-refractivity contribution in [3.8, 4) is 11.5 Å². The van der Waals surface area contributed by atoms with Gasteiger partial charge in [0, 0.05) is 24.7 Å². The fourth-order valence-corrected chi connectivity index (χ4v) is 3.70. The second-order valence-corrected chi connectivity index (χ2v) is 7.34. The molecular formula is C23H35N3O4. The highest BCUT2D eigenvalue weighted by atomic mass is 16.5. The Morgan fingerprint density at radius 2 is 1.60 bits per heavy atom. The van der Waals surface area contributed by atoms with Gasteiger partial charge in [0.25, 0.3) is 11.5 Å². The van der Waals surface area contributed by atoms with Crippen molar-refractivity contribution in [3.05, 3.63) is 34.2 Å². The molecule has 0 spiro atoms. The highest BCUT2D eigenvalue weighted by molar-refractivity contribution is 6.07. The molecule has 0 radical (unpaired) electrons. The summed E-state index contributed by atoms with van der Waals surface area (Å²) in [5.74, 6) is 0.767. The summed E-state index contributed by atoms with van der Waals surface area (Å²) in [6, 6.07) is 3.35. The van der Waals surface area contributed by atoms with E-state index >= 15 is 0 Å². The van der Waals surface area contributed by atoms with Crippen molar-refractivity contribution in [1.82, 2.24) is 14.8 Å². The molecule has 0 bridgehead atoms. The number of fused-ring (bicyclic) bond motifs is 1. The fraction of sp³-hybridized carbons (Fsp3) is 0.565. The van der Waals surface area contributed by atoms with Gasteiger partial charge in [0.05, 0.1) is 25.2 Å². The third-order valence-electron chi connectivity index (χ3n) is 5.19. The summed E-state index contributed by atoms with van der Waals surface area (Å²) in [4.78, 5) is 28.2. The quantitative estimate of drug-likeness (QED) is 0.537. The van der Waals surface area contributed by atoms with E-state index in [4.69, 9.17) is 9.47 Å². The molecule has 30 heavy (non-hydrogen) atoms. The third kappa shape index (κ3) is 5.53. The molecule has 0 unspecified atom stereocenters. The SMILES string of the molecule is CCCN(CCC)CCCNC(=O)c1cn(CC)c(=O)c2cc(OC)c(OC)cc12. The summed E-state index contributed by atoms with van der Waals surface area (Å²) in [5.41, 5.74) is 0.311. The van der Waals surface area contributed by atoms with Gasteiger partial charge in [-0.15, -0.1) is 0 Å². The van der Waals surface area contributed by atoms with E-state index in [0.29, 0.717) is 40.9 Å². The number of benzene rings is 1. The standard InChI is InChI=1S/C23H35N3O4/c1-6-11-25(12-7-2)13-9-10-24-22(27)19-16-26(8-3)23(28)18-15-21(30-5)20(29-4)14-17(18)19/h14-16H,6-13H2,1-5H3,(H,24,27). The summed E-state index contributed by atoms with van der Waals surface area (Å²) in [6.07, 6.45) is 4.77. The summed E-state index contributed by atoms with van der Waals surface area (Å²) >= 11 is 0. The first-order chi connectivity index (χ1) is 14.5. The number of hydrogen-bond donors (Lipinski definition) is 1. The number of hydrogen-bond acceptors (Lipinski definition) is 5. The lowest BCUT2D eigenvalue weighted by atomic mass is 10.1. The van der Waals surface area contributed by atoms with Gasteiger partial charge in [0.15, 0.2) is 11.5 Å². The number of pyridine rings is 1. The minimum absolute atomic E-state index is 0.153. The second-order valence-electron chi connectivity index (χ2n) is 7.34. The molecule has 1 N–H and O–H groups in total. The number of rotatable bonds is 12. The van der Waals surface area contributed by atoms with Crippen LogP contribution in [0.15, 0.2) is 23.1 Å². The molecule has 2 rings (SSSR count). The highest BCUT2D eigenvalue weighted by Crippen LogP contribution is 2.32. The van der Waals surface area contributed by atoms with Crippen LogP contribution < -0.4 is 20.3 Å². The third-order valence-corrected chi connectivity index (χ3v) is 5.19. The molecule has 7 heteroatoms. The zero-order valence-corrected chi connectivity index (χ0v) is 18.9. The van der Waals surface area contributed by atoms with Crippen LogP contribution in [0.1, 0.15) is 50.4 Å². The normalized spacial score (nSPS) is 11.1. The summed E-state index contributed by atoms with van der Waals surface area (Å²) < 4.78 is 12.3. The number of nitrogens with one attached hydrogen (secondary N) is 1. The number of nitrogens with zero attached hydrogens (tertiary/aromatic N) is 2. The molecule has 0 fully saturated rings. The topological polar surface area (TPSA) is 72.8 Å². The van der Waals surface area contributed by atoms with E-state index in [0.717, 1.165) is 38.9 Å². The van der Waals surface area contributed by atoms with Gasteiger partial charge in [0.2, 0.25) is 0 Å². The predicted molar refractivity (Wildman–Crippen MR) is 121 cm³/mol. The van der Waals surface area contributed by atoms with Crippen molar-refractivity contribution >= 4 is 16.7 Å². The van der Waals surface area contributed by atoms with Gasteiger partial charge in [-0.2, -0.15) is 0 Å². The first kappa shape index (κ1) is 23.7. The van der Waals surface area contributed by atoms with Crippen molar-refractivity contribution in [2.45, 2.75) is 46.6 Å². The van der Waals surface area contributed by atoms with Gasteiger partial charge in [-0.25, -0.2) is 0 Å². The van der Waals surface area contributed by atoms with Gasteiger partial charge in [-0.1, -0.05) is 13.8 Å². The Morgan fingerprint density at radius 3 is 2.13 bits per heavy atom. The molecule has 0 atom stereocenters. The van der Waals surface area contributed by atoms with E-state index in [1.165, 1.54) is 14.2 Å². The average Bonchev–Trinajstić information content (AvgIpc) is 2.76. The predicted octanol–water partition coefficient (Wildman–Crippen LogP) is 3.28. The van der Waals surface area contributed by atoms with Gasteiger partial charge in [-0.3, -0.25) is 9.59 Å². The number of methoxy groups -OCH3 is 2. The Kier molecular flexibility index (Phi) is 9.17. The Hall–Kier alpha value is -2.54. The van der Waals surface area contributed by atoms with Crippen LogP contribution in [0.4, 0.5) is 0 Å². The number of carbonyl (C=O) groups is 1. The molecule has 0 saturated carbocycles. The fourth-order valence-electron chi connectivity index (χ4n) is 3.70. The lowest BCUT2D eigenvalue weighted by molar-refractivity contribution is 0.0952. The van der Waals surface area contributed by atoms with E-state index in [9.17, 15) is 9.59 Å². The summed E-state index contributed by atoms with van der Waals surface area (Å²) in [5, 5.41) is 4.03. The first-order valence-electron chi connectivity index (χ1n) is 10.8. The Balaban J connectivity index is 2.25. The van der Waals surface area contributed by atoms with Crippen molar-refractivity contribution in [3.63, 3.8) is 0 Å². The van der Waals surface area contributed by atoms with Crippen LogP contribution >= 0.6 is 0 Å². The lowest BCUT2D eigenvalue weighted by Gasteiger charge is -2.20. The minimum Gasteiger partial charge on any atom is -0.493 e. The van der Waals surface area contributed by atoms with Crippen LogP contribution in [0.2, 0.25) is 0 Å². The molecule has 2 aromatic rings. The molecular weight excluding hydrogens is 382 g/mol.